The van der Waals surface area contributed by atoms with Gasteiger partial charge in [-0.05, 0) is 103 Å². The summed E-state index contributed by atoms with van der Waals surface area (Å²) in [4.78, 5) is 2.51. The fraction of sp³-hybridized carbons (Fsp3) is 0.0476. The molecule has 2 nitrogen and oxygen atoms in total. The van der Waals surface area contributed by atoms with Gasteiger partial charge in [-0.15, -0.1) is 0 Å². The quantitative estimate of drug-likeness (QED) is 0.151. The molecule has 2 heteroatoms. The zero-order valence-electron chi connectivity index (χ0n) is 36.1. The van der Waals surface area contributed by atoms with Gasteiger partial charge in [0.15, 0.2) is 0 Å². The van der Waals surface area contributed by atoms with Crippen molar-refractivity contribution in [3.63, 3.8) is 0 Å². The Labute approximate surface area is 380 Å². The number of anilines is 2. The van der Waals surface area contributed by atoms with Crippen LogP contribution in [-0.4, -0.2) is 0 Å². The minimum absolute atomic E-state index is 0.103. The van der Waals surface area contributed by atoms with E-state index in [9.17, 15) is 0 Å². The van der Waals surface area contributed by atoms with Crippen molar-refractivity contribution in [3.05, 3.63) is 254 Å². The number of para-hydroxylation sites is 2. The Balaban J connectivity index is 1.05. The minimum Gasteiger partial charge on any atom is -0.456 e. The Hall–Kier alpha value is -8.20. The van der Waals surface area contributed by atoms with Gasteiger partial charge in [0.25, 0.3) is 0 Å². The molecule has 2 atom stereocenters. The Morgan fingerprint density at radius 3 is 1.63 bits per heavy atom. The maximum Gasteiger partial charge on any atom is 0.135 e. The molecule has 0 radical (unpaired) electrons. The molecule has 12 rings (SSSR count). The molecule has 0 bridgehead atoms. The fourth-order valence-corrected chi connectivity index (χ4v) is 10.2. The second-order valence-electron chi connectivity index (χ2n) is 17.2. The summed E-state index contributed by atoms with van der Waals surface area (Å²) < 4.78 is 6.57. The smallest absolute Gasteiger partial charge is 0.135 e. The summed E-state index contributed by atoms with van der Waals surface area (Å²) >= 11 is 0. The molecule has 0 N–H and O–H groups in total. The van der Waals surface area contributed by atoms with Crippen LogP contribution in [0.25, 0.3) is 77.2 Å². The van der Waals surface area contributed by atoms with E-state index in [1.54, 1.807) is 0 Å². The lowest BCUT2D eigenvalue weighted by molar-refractivity contribution is 0.486. The number of ether oxygens (including phenoxy) is 1. The van der Waals surface area contributed by atoms with Gasteiger partial charge in [-0.2, -0.15) is 0 Å². The number of nitrogens with zero attached hydrogens (tertiary/aromatic N) is 1. The number of hydrogen-bond donors (Lipinski definition) is 0. The molecule has 0 spiro atoms. The van der Waals surface area contributed by atoms with Crippen LogP contribution in [0.3, 0.4) is 0 Å². The highest BCUT2D eigenvalue weighted by molar-refractivity contribution is 6.09. The monoisotopic (exact) mass is 831 g/mol. The zero-order chi connectivity index (χ0) is 43.3. The molecule has 10 aromatic carbocycles. The van der Waals surface area contributed by atoms with Gasteiger partial charge in [-0.1, -0.05) is 213 Å². The van der Waals surface area contributed by atoms with Gasteiger partial charge in [-0.3, -0.25) is 0 Å². The normalized spacial score (nSPS) is 15.0. The summed E-state index contributed by atoms with van der Waals surface area (Å²) in [7, 11) is 0. The third-order valence-electron chi connectivity index (χ3n) is 13.4. The summed E-state index contributed by atoms with van der Waals surface area (Å²) in [6, 6.07) is 81.4. The molecular weight excluding hydrogens is 787 g/mol. The topological polar surface area (TPSA) is 12.5 Å². The second kappa shape index (κ2) is 16.2. The third-order valence-corrected chi connectivity index (χ3v) is 13.4. The average molecular weight is 832 g/mol. The predicted octanol–water partition coefficient (Wildman–Crippen LogP) is 17.4. The van der Waals surface area contributed by atoms with E-state index in [2.05, 4.69) is 255 Å². The second-order valence-corrected chi connectivity index (χ2v) is 17.2. The van der Waals surface area contributed by atoms with Crippen molar-refractivity contribution < 1.29 is 4.74 Å². The van der Waals surface area contributed by atoms with Crippen molar-refractivity contribution in [3.8, 4) is 67.1 Å². The maximum absolute atomic E-state index is 6.57. The maximum atomic E-state index is 6.57. The molecule has 2 aliphatic rings. The van der Waals surface area contributed by atoms with Crippen molar-refractivity contribution in [1.29, 1.82) is 0 Å². The molecule has 0 aromatic heterocycles. The van der Waals surface area contributed by atoms with E-state index in [1.807, 2.05) is 0 Å². The molecule has 0 saturated heterocycles. The molecule has 10 aromatic rings. The first kappa shape index (κ1) is 38.5. The molecule has 1 aliphatic carbocycles. The average Bonchev–Trinajstić information content (AvgIpc) is 3.37. The zero-order valence-corrected chi connectivity index (χ0v) is 36.1. The first-order valence-corrected chi connectivity index (χ1v) is 22.6. The van der Waals surface area contributed by atoms with Gasteiger partial charge in [0.1, 0.15) is 11.5 Å². The van der Waals surface area contributed by atoms with E-state index in [0.29, 0.717) is 0 Å². The van der Waals surface area contributed by atoms with Gasteiger partial charge < -0.3 is 9.64 Å². The van der Waals surface area contributed by atoms with Crippen molar-refractivity contribution in [2.75, 3.05) is 4.90 Å². The minimum atomic E-state index is 0.103. The van der Waals surface area contributed by atoms with Gasteiger partial charge in [0.05, 0.1) is 11.4 Å². The van der Waals surface area contributed by atoms with Crippen LogP contribution in [0.4, 0.5) is 11.4 Å². The lowest BCUT2D eigenvalue weighted by Crippen LogP contribution is -2.21. The van der Waals surface area contributed by atoms with E-state index in [1.165, 1.54) is 60.5 Å². The molecule has 1 heterocycles. The van der Waals surface area contributed by atoms with Crippen LogP contribution < -0.4 is 9.64 Å². The largest absolute Gasteiger partial charge is 0.456 e. The Bertz CT molecular complexity index is 3460. The van der Waals surface area contributed by atoms with Crippen LogP contribution in [0.1, 0.15) is 18.4 Å². The molecule has 0 saturated carbocycles. The lowest BCUT2D eigenvalue weighted by atomic mass is 9.81. The fourth-order valence-electron chi connectivity index (χ4n) is 10.2. The Kier molecular flexibility index (Phi) is 9.57. The van der Waals surface area contributed by atoms with Gasteiger partial charge in [0.2, 0.25) is 0 Å². The number of rotatable bonds is 8. The molecule has 2 unspecified atom stereocenters. The van der Waals surface area contributed by atoms with Crippen LogP contribution in [0, 0.1) is 5.92 Å². The van der Waals surface area contributed by atoms with Gasteiger partial charge >= 0.3 is 0 Å². The highest BCUT2D eigenvalue weighted by atomic mass is 16.5. The van der Waals surface area contributed by atoms with Crippen molar-refractivity contribution in [2.24, 2.45) is 5.92 Å². The number of hydrogen-bond acceptors (Lipinski definition) is 2. The standard InChI is InChI=1S/C63H45NO/c1-42-32-38-50(41-56(42)49-37-39-60-57(40-49)55-28-14-22-48-23-15-31-61(65-60)63(48)55)64(58-29-10-8-24-51(58)46-35-33-44(34-36-46)43-16-4-2-5-17-43)59-30-11-9-25-53(59)54-27-13-21-47-20-12-26-52(62(47)54)45-18-6-3-7-19-45/h2-42,56H,1H3. The summed E-state index contributed by atoms with van der Waals surface area (Å²) in [5, 5.41) is 4.82. The highest BCUT2D eigenvalue weighted by Crippen LogP contribution is 2.50. The lowest BCUT2D eigenvalue weighted by Gasteiger charge is -2.34. The molecular formula is C63H45NO. The summed E-state index contributed by atoms with van der Waals surface area (Å²) in [6.07, 6.45) is 7.23. The summed E-state index contributed by atoms with van der Waals surface area (Å²) in [6.45, 7) is 2.34. The van der Waals surface area contributed by atoms with Crippen LogP contribution in [-0.2, 0) is 0 Å². The SMILES string of the molecule is CC1C=CC(N(c2ccccc2-c2ccc(-c3ccccc3)cc2)c2ccccc2-c2cccc3cccc(-c4ccccc4)c23)=CC1c1ccc2c(c1)-c1cccc3cccc(c13)O2. The van der Waals surface area contributed by atoms with E-state index < -0.39 is 0 Å². The summed E-state index contributed by atoms with van der Waals surface area (Å²) in [5.41, 5.74) is 16.5. The molecule has 0 amide bonds. The van der Waals surface area contributed by atoms with Crippen LogP contribution >= 0.6 is 0 Å². The van der Waals surface area contributed by atoms with E-state index in [0.717, 1.165) is 50.8 Å². The Morgan fingerprint density at radius 1 is 0.385 bits per heavy atom. The first-order valence-electron chi connectivity index (χ1n) is 22.6. The van der Waals surface area contributed by atoms with Crippen LogP contribution in [0.15, 0.2) is 248 Å². The molecule has 65 heavy (non-hydrogen) atoms. The van der Waals surface area contributed by atoms with Crippen molar-refractivity contribution in [1.82, 2.24) is 0 Å². The number of benzene rings is 10. The predicted molar refractivity (Wildman–Crippen MR) is 273 cm³/mol. The van der Waals surface area contributed by atoms with E-state index in [4.69, 9.17) is 4.74 Å². The van der Waals surface area contributed by atoms with Gasteiger partial charge in [-0.25, -0.2) is 0 Å². The molecule has 308 valence electrons. The highest BCUT2D eigenvalue weighted by Gasteiger charge is 2.28. The number of allylic oxidation sites excluding steroid dienone is 3. The van der Waals surface area contributed by atoms with Crippen molar-refractivity contribution in [2.45, 2.75) is 12.8 Å². The van der Waals surface area contributed by atoms with Crippen molar-refractivity contribution >= 4 is 32.9 Å². The summed E-state index contributed by atoms with van der Waals surface area (Å²) in [5.74, 6) is 2.18. The van der Waals surface area contributed by atoms with Crippen LogP contribution in [0.5, 0.6) is 11.5 Å². The third kappa shape index (κ3) is 6.83. The van der Waals surface area contributed by atoms with Gasteiger partial charge in [0, 0.05) is 33.7 Å². The molecule has 0 fully saturated rings. The van der Waals surface area contributed by atoms with E-state index in [-0.39, 0.29) is 11.8 Å². The Morgan fingerprint density at radius 2 is 0.908 bits per heavy atom. The van der Waals surface area contributed by atoms with E-state index >= 15 is 0 Å². The molecule has 1 aliphatic heterocycles. The first-order chi connectivity index (χ1) is 32.2. The number of fused-ring (bicyclic) bond motifs is 3. The van der Waals surface area contributed by atoms with Crippen LogP contribution in [0.2, 0.25) is 0 Å².